The summed E-state index contributed by atoms with van der Waals surface area (Å²) in [6, 6.07) is 0. The van der Waals surface area contributed by atoms with E-state index in [1.807, 2.05) is 0 Å². The van der Waals surface area contributed by atoms with E-state index in [2.05, 4.69) is 27.2 Å². The topological polar surface area (TPSA) is 35.5 Å². The van der Waals surface area contributed by atoms with Crippen LogP contribution in [0.3, 0.4) is 0 Å². The van der Waals surface area contributed by atoms with E-state index in [1.165, 1.54) is 18.4 Å². The Hall–Kier alpha value is -0.810. The number of carbonyl (C=O) groups excluding carboxylic acids is 1. The third kappa shape index (κ3) is 2.36. The van der Waals surface area contributed by atoms with Gasteiger partial charge < -0.3 is 9.47 Å². The molecule has 0 atom stereocenters. The first kappa shape index (κ1) is 11.3. The van der Waals surface area contributed by atoms with Crippen LogP contribution < -0.4 is 4.74 Å². The third-order valence-corrected chi connectivity index (χ3v) is 3.25. The quantitative estimate of drug-likeness (QED) is 0.627. The molecule has 0 aromatic carbocycles. The van der Waals surface area contributed by atoms with E-state index in [0.29, 0.717) is 17.2 Å². The largest absolute Gasteiger partial charge is 0.487 e. The highest BCUT2D eigenvalue weighted by Crippen LogP contribution is 2.35. The van der Waals surface area contributed by atoms with Gasteiger partial charge in [0.25, 0.3) is 0 Å². The van der Waals surface area contributed by atoms with Crippen LogP contribution in [0.1, 0.15) is 9.67 Å². The number of thiophene rings is 1. The van der Waals surface area contributed by atoms with Crippen LogP contribution in [0.25, 0.3) is 0 Å². The Balaban J connectivity index is 2.93. The lowest BCUT2D eigenvalue weighted by Crippen LogP contribution is -2.02. The molecule has 1 rings (SSSR count). The van der Waals surface area contributed by atoms with Gasteiger partial charge in [-0.15, -0.1) is 11.3 Å². The summed E-state index contributed by atoms with van der Waals surface area (Å²) in [6.45, 7) is 3.89. The first-order chi connectivity index (χ1) is 6.70. The van der Waals surface area contributed by atoms with Crippen molar-refractivity contribution in [2.45, 2.75) is 0 Å². The molecule has 0 unspecified atom stereocenters. The van der Waals surface area contributed by atoms with Crippen LogP contribution in [0.5, 0.6) is 5.75 Å². The first-order valence-electron chi connectivity index (χ1n) is 3.79. The monoisotopic (exact) mass is 276 g/mol. The second-order valence-electron chi connectivity index (χ2n) is 2.33. The summed E-state index contributed by atoms with van der Waals surface area (Å²) >= 11 is 4.57. The minimum absolute atomic E-state index is 0.360. The highest BCUT2D eigenvalue weighted by Gasteiger charge is 2.18. The summed E-state index contributed by atoms with van der Waals surface area (Å²) in [7, 11) is 1.34. The van der Waals surface area contributed by atoms with Crippen LogP contribution in [-0.4, -0.2) is 19.7 Å². The van der Waals surface area contributed by atoms with Gasteiger partial charge in [0, 0.05) is 5.38 Å². The van der Waals surface area contributed by atoms with Crippen molar-refractivity contribution >= 4 is 33.2 Å². The number of carbonyl (C=O) groups is 1. The molecule has 1 aromatic rings. The molecule has 1 heterocycles. The smallest absolute Gasteiger partial charge is 0.351 e. The van der Waals surface area contributed by atoms with Crippen LogP contribution in [0, 0.1) is 0 Å². The van der Waals surface area contributed by atoms with Crippen molar-refractivity contribution in [3.8, 4) is 5.75 Å². The molecule has 0 aliphatic rings. The fourth-order valence-corrected chi connectivity index (χ4v) is 2.34. The average Bonchev–Trinajstić information content (AvgIpc) is 2.56. The molecular weight excluding hydrogens is 268 g/mol. The molecule has 0 saturated heterocycles. The SMILES string of the molecule is C=CCOc1c(Br)csc1C(=O)OC. The van der Waals surface area contributed by atoms with Crippen molar-refractivity contribution < 1.29 is 14.3 Å². The summed E-state index contributed by atoms with van der Waals surface area (Å²) in [5.41, 5.74) is 0. The molecule has 0 saturated carbocycles. The second-order valence-corrected chi connectivity index (χ2v) is 4.07. The van der Waals surface area contributed by atoms with E-state index in [1.54, 1.807) is 11.5 Å². The second kappa shape index (κ2) is 5.17. The predicted octanol–water partition coefficient (Wildman–Crippen LogP) is 2.86. The molecule has 14 heavy (non-hydrogen) atoms. The van der Waals surface area contributed by atoms with Gasteiger partial charge in [0.15, 0.2) is 10.6 Å². The van der Waals surface area contributed by atoms with Gasteiger partial charge >= 0.3 is 5.97 Å². The fourth-order valence-electron chi connectivity index (χ4n) is 0.836. The van der Waals surface area contributed by atoms with Gasteiger partial charge in [0.05, 0.1) is 11.6 Å². The molecule has 76 valence electrons. The van der Waals surface area contributed by atoms with Gasteiger partial charge in [-0.25, -0.2) is 4.79 Å². The zero-order valence-electron chi connectivity index (χ0n) is 7.58. The standard InChI is InChI=1S/C9H9BrO3S/c1-3-4-13-7-6(10)5-14-8(7)9(11)12-2/h3,5H,1,4H2,2H3. The molecule has 0 radical (unpaired) electrons. The normalized spacial score (nSPS) is 9.57. The lowest BCUT2D eigenvalue weighted by molar-refractivity contribution is 0.0602. The molecule has 0 spiro atoms. The van der Waals surface area contributed by atoms with Gasteiger partial charge in [-0.1, -0.05) is 12.7 Å². The van der Waals surface area contributed by atoms with Crippen molar-refractivity contribution in [2.24, 2.45) is 0 Å². The maximum absolute atomic E-state index is 11.3. The Morgan fingerprint density at radius 2 is 2.50 bits per heavy atom. The number of hydrogen-bond donors (Lipinski definition) is 0. The zero-order chi connectivity index (χ0) is 10.6. The number of esters is 1. The van der Waals surface area contributed by atoms with Gasteiger partial charge in [0.2, 0.25) is 0 Å². The van der Waals surface area contributed by atoms with Crippen LogP contribution in [-0.2, 0) is 4.74 Å². The van der Waals surface area contributed by atoms with Crippen molar-refractivity contribution in [3.63, 3.8) is 0 Å². The molecule has 0 aliphatic heterocycles. The highest BCUT2D eigenvalue weighted by atomic mass is 79.9. The Morgan fingerprint density at radius 1 is 1.79 bits per heavy atom. The summed E-state index contributed by atoms with van der Waals surface area (Å²) < 4.78 is 10.7. The molecule has 3 nitrogen and oxygen atoms in total. The third-order valence-electron chi connectivity index (χ3n) is 1.42. The summed E-state index contributed by atoms with van der Waals surface area (Å²) in [4.78, 5) is 11.7. The molecule has 0 bridgehead atoms. The van der Waals surface area contributed by atoms with E-state index in [9.17, 15) is 4.79 Å². The first-order valence-corrected chi connectivity index (χ1v) is 5.47. The van der Waals surface area contributed by atoms with Crippen LogP contribution in [0.15, 0.2) is 22.5 Å². The summed E-state index contributed by atoms with van der Waals surface area (Å²) in [5.74, 6) is 0.126. The van der Waals surface area contributed by atoms with Gasteiger partial charge in [-0.2, -0.15) is 0 Å². The predicted molar refractivity (Wildman–Crippen MR) is 59.1 cm³/mol. The number of rotatable bonds is 4. The average molecular weight is 277 g/mol. The van der Waals surface area contributed by atoms with E-state index >= 15 is 0 Å². The zero-order valence-corrected chi connectivity index (χ0v) is 9.98. The number of ether oxygens (including phenoxy) is 2. The molecular formula is C9H9BrO3S. The van der Waals surface area contributed by atoms with Crippen LogP contribution >= 0.6 is 27.3 Å². The van der Waals surface area contributed by atoms with Gasteiger partial charge in [-0.3, -0.25) is 0 Å². The Morgan fingerprint density at radius 3 is 3.07 bits per heavy atom. The van der Waals surface area contributed by atoms with E-state index < -0.39 is 0 Å². The van der Waals surface area contributed by atoms with Gasteiger partial charge in [-0.05, 0) is 15.9 Å². The number of methoxy groups -OCH3 is 1. The molecule has 0 N–H and O–H groups in total. The maximum Gasteiger partial charge on any atom is 0.351 e. The lowest BCUT2D eigenvalue weighted by atomic mass is 10.4. The summed E-state index contributed by atoms with van der Waals surface area (Å²) in [6.07, 6.45) is 1.62. The minimum atomic E-state index is -0.389. The fraction of sp³-hybridized carbons (Fsp3) is 0.222. The highest BCUT2D eigenvalue weighted by molar-refractivity contribution is 9.10. The maximum atomic E-state index is 11.3. The summed E-state index contributed by atoms with van der Waals surface area (Å²) in [5, 5.41) is 1.78. The Kier molecular flexibility index (Phi) is 4.16. The lowest BCUT2D eigenvalue weighted by Gasteiger charge is -2.03. The van der Waals surface area contributed by atoms with Crippen molar-refractivity contribution in [1.29, 1.82) is 0 Å². The minimum Gasteiger partial charge on any atom is -0.487 e. The molecule has 0 aliphatic carbocycles. The molecule has 5 heteroatoms. The van der Waals surface area contributed by atoms with Crippen molar-refractivity contribution in [2.75, 3.05) is 13.7 Å². The Labute approximate surface area is 94.5 Å². The van der Waals surface area contributed by atoms with E-state index in [-0.39, 0.29) is 5.97 Å². The van der Waals surface area contributed by atoms with E-state index in [4.69, 9.17) is 4.74 Å². The van der Waals surface area contributed by atoms with Crippen LogP contribution in [0.2, 0.25) is 0 Å². The van der Waals surface area contributed by atoms with E-state index in [0.717, 1.165) is 4.47 Å². The number of halogens is 1. The molecule has 1 aromatic heterocycles. The van der Waals surface area contributed by atoms with Gasteiger partial charge in [0.1, 0.15) is 6.61 Å². The van der Waals surface area contributed by atoms with Crippen molar-refractivity contribution in [3.05, 3.63) is 27.4 Å². The van der Waals surface area contributed by atoms with Crippen LogP contribution in [0.4, 0.5) is 0 Å². The van der Waals surface area contributed by atoms with Crippen molar-refractivity contribution in [1.82, 2.24) is 0 Å². The number of hydrogen-bond acceptors (Lipinski definition) is 4. The Bertz CT molecular complexity index is 346. The molecule has 0 fully saturated rings. The molecule has 0 amide bonds.